The van der Waals surface area contributed by atoms with Crippen LogP contribution >= 0.6 is 34.8 Å². The van der Waals surface area contributed by atoms with Crippen LogP contribution in [0.3, 0.4) is 0 Å². The van der Waals surface area contributed by atoms with Crippen molar-refractivity contribution in [2.24, 2.45) is 5.92 Å². The lowest BCUT2D eigenvalue weighted by Crippen LogP contribution is -2.20. The third-order valence-corrected chi connectivity index (χ3v) is 3.00. The molecule has 4 nitrogen and oxygen atoms in total. The van der Waals surface area contributed by atoms with Crippen LogP contribution < -0.4 is 4.74 Å². The van der Waals surface area contributed by atoms with Gasteiger partial charge in [-0.2, -0.15) is 0 Å². The van der Waals surface area contributed by atoms with Gasteiger partial charge in [-0.15, -0.1) is 0 Å². The fourth-order valence-electron chi connectivity index (χ4n) is 1.28. The number of nitrogens with zero attached hydrogens (tertiary/aromatic N) is 2. The summed E-state index contributed by atoms with van der Waals surface area (Å²) in [6.45, 7) is 0.134. The molecule has 7 heteroatoms. The van der Waals surface area contributed by atoms with Gasteiger partial charge < -0.3 is 9.84 Å². The zero-order valence-electron chi connectivity index (χ0n) is 8.16. The second kappa shape index (κ2) is 4.92. The first-order valence-corrected chi connectivity index (χ1v) is 5.90. The summed E-state index contributed by atoms with van der Waals surface area (Å²) in [6.07, 6.45) is 1.56. The van der Waals surface area contributed by atoms with E-state index in [0.717, 1.165) is 12.8 Å². The van der Waals surface area contributed by atoms with E-state index in [0.29, 0.717) is 5.92 Å². The molecule has 1 unspecified atom stereocenters. The van der Waals surface area contributed by atoms with Crippen LogP contribution in [0.5, 0.6) is 5.75 Å². The number of aromatic nitrogens is 2. The lowest BCUT2D eigenvalue weighted by Gasteiger charge is -2.12. The second-order valence-electron chi connectivity index (χ2n) is 3.62. The van der Waals surface area contributed by atoms with Crippen LogP contribution in [0.25, 0.3) is 0 Å². The smallest absolute Gasteiger partial charge is 0.225 e. The molecule has 16 heavy (non-hydrogen) atoms. The highest BCUT2D eigenvalue weighted by Gasteiger charge is 2.30. The Labute approximate surface area is 108 Å². The molecule has 0 amide bonds. The van der Waals surface area contributed by atoms with E-state index >= 15 is 0 Å². The molecule has 0 radical (unpaired) electrons. The van der Waals surface area contributed by atoms with Crippen molar-refractivity contribution >= 4 is 34.8 Å². The molecule has 1 N–H and O–H groups in total. The van der Waals surface area contributed by atoms with Gasteiger partial charge in [-0.3, -0.25) is 0 Å². The van der Waals surface area contributed by atoms with Crippen molar-refractivity contribution in [3.63, 3.8) is 0 Å². The minimum Gasteiger partial charge on any atom is -0.485 e. The minimum atomic E-state index is -0.497. The molecular formula is C9H9Cl3N2O2. The van der Waals surface area contributed by atoms with Crippen LogP contribution in [0, 0.1) is 5.92 Å². The van der Waals surface area contributed by atoms with Gasteiger partial charge in [-0.05, 0) is 30.4 Å². The molecule has 88 valence electrons. The summed E-state index contributed by atoms with van der Waals surface area (Å²) >= 11 is 17.1. The van der Waals surface area contributed by atoms with Crippen molar-refractivity contribution in [1.82, 2.24) is 9.97 Å². The first-order chi connectivity index (χ1) is 7.58. The molecule has 0 saturated heterocycles. The summed E-state index contributed by atoms with van der Waals surface area (Å²) in [5.41, 5.74) is 0. The molecule has 1 atom stereocenters. The molecule has 1 aromatic heterocycles. The van der Waals surface area contributed by atoms with E-state index in [9.17, 15) is 5.11 Å². The summed E-state index contributed by atoms with van der Waals surface area (Å²) < 4.78 is 5.29. The van der Waals surface area contributed by atoms with E-state index in [1.807, 2.05) is 0 Å². The number of hydrogen-bond donors (Lipinski definition) is 1. The van der Waals surface area contributed by atoms with Crippen molar-refractivity contribution in [1.29, 1.82) is 0 Å². The normalized spacial score (nSPS) is 17.2. The van der Waals surface area contributed by atoms with Crippen LogP contribution in [-0.2, 0) is 0 Å². The van der Waals surface area contributed by atoms with E-state index in [4.69, 9.17) is 39.5 Å². The second-order valence-corrected chi connectivity index (χ2v) is 4.67. The number of aliphatic hydroxyl groups is 1. The zero-order chi connectivity index (χ0) is 11.7. The van der Waals surface area contributed by atoms with Gasteiger partial charge in [0.15, 0.2) is 16.1 Å². The predicted molar refractivity (Wildman–Crippen MR) is 61.3 cm³/mol. The standard InChI is InChI=1S/C9H9Cl3N2O2/c10-7-6(8(11)14-9(12)13-7)16-3-5(15)4-1-2-4/h4-5,15H,1-3H2. The third-order valence-electron chi connectivity index (χ3n) is 2.32. The first kappa shape index (κ1) is 12.2. The van der Waals surface area contributed by atoms with Crippen LogP contribution in [0.4, 0.5) is 0 Å². The van der Waals surface area contributed by atoms with E-state index in [-0.39, 0.29) is 27.9 Å². The fourth-order valence-corrected chi connectivity index (χ4v) is 2.03. The topological polar surface area (TPSA) is 55.2 Å². The quantitative estimate of drug-likeness (QED) is 0.681. The van der Waals surface area contributed by atoms with Gasteiger partial charge in [0.1, 0.15) is 6.61 Å². The van der Waals surface area contributed by atoms with Crippen LogP contribution in [0.15, 0.2) is 0 Å². The average Bonchev–Trinajstić information content (AvgIpc) is 2.98. The molecule has 0 bridgehead atoms. The Morgan fingerprint density at radius 2 is 1.81 bits per heavy atom. The van der Waals surface area contributed by atoms with Gasteiger partial charge in [-0.1, -0.05) is 23.2 Å². The van der Waals surface area contributed by atoms with Gasteiger partial charge in [0.25, 0.3) is 0 Å². The largest absolute Gasteiger partial charge is 0.485 e. The Hall–Kier alpha value is -0.290. The van der Waals surface area contributed by atoms with Crippen molar-refractivity contribution in [2.75, 3.05) is 6.61 Å². The monoisotopic (exact) mass is 282 g/mol. The van der Waals surface area contributed by atoms with E-state index < -0.39 is 6.10 Å². The molecule has 1 aliphatic rings. The molecular weight excluding hydrogens is 274 g/mol. The highest BCUT2D eigenvalue weighted by Crippen LogP contribution is 2.34. The summed E-state index contributed by atoms with van der Waals surface area (Å²) in [7, 11) is 0. The van der Waals surface area contributed by atoms with Gasteiger partial charge in [-0.25, -0.2) is 9.97 Å². The predicted octanol–water partition coefficient (Wildman–Crippen LogP) is 2.59. The third kappa shape index (κ3) is 2.88. The average molecular weight is 284 g/mol. The molecule has 1 heterocycles. The molecule has 1 fully saturated rings. The molecule has 1 aromatic rings. The zero-order valence-corrected chi connectivity index (χ0v) is 10.4. The molecule has 2 rings (SSSR count). The lowest BCUT2D eigenvalue weighted by atomic mass is 10.2. The fraction of sp³-hybridized carbons (Fsp3) is 0.556. The first-order valence-electron chi connectivity index (χ1n) is 4.77. The van der Waals surface area contributed by atoms with Gasteiger partial charge in [0, 0.05) is 0 Å². The Bertz CT molecular complexity index is 375. The lowest BCUT2D eigenvalue weighted by molar-refractivity contribution is 0.0892. The molecule has 0 aromatic carbocycles. The maximum absolute atomic E-state index is 9.61. The van der Waals surface area contributed by atoms with E-state index in [1.165, 1.54) is 0 Å². The highest BCUT2D eigenvalue weighted by atomic mass is 35.5. The SMILES string of the molecule is OC(COc1c(Cl)nc(Cl)nc1Cl)C1CC1. The number of ether oxygens (including phenoxy) is 1. The Morgan fingerprint density at radius 3 is 2.31 bits per heavy atom. The van der Waals surface area contributed by atoms with E-state index in [2.05, 4.69) is 9.97 Å². The van der Waals surface area contributed by atoms with Crippen molar-refractivity contribution in [2.45, 2.75) is 18.9 Å². The molecule has 1 saturated carbocycles. The van der Waals surface area contributed by atoms with Gasteiger partial charge >= 0.3 is 0 Å². The molecule has 1 aliphatic carbocycles. The Balaban J connectivity index is 2.02. The van der Waals surface area contributed by atoms with E-state index in [1.54, 1.807) is 0 Å². The molecule has 0 aliphatic heterocycles. The maximum Gasteiger partial charge on any atom is 0.225 e. The van der Waals surface area contributed by atoms with Crippen LogP contribution in [0.1, 0.15) is 12.8 Å². The highest BCUT2D eigenvalue weighted by molar-refractivity contribution is 6.37. The number of hydrogen-bond acceptors (Lipinski definition) is 4. The molecule has 0 spiro atoms. The summed E-state index contributed by atoms with van der Waals surface area (Å²) in [6, 6.07) is 0. The van der Waals surface area contributed by atoms with Crippen molar-refractivity contribution in [3.05, 3.63) is 15.6 Å². The number of aliphatic hydroxyl groups excluding tert-OH is 1. The van der Waals surface area contributed by atoms with Gasteiger partial charge in [0.05, 0.1) is 6.10 Å². The van der Waals surface area contributed by atoms with Crippen LogP contribution in [-0.4, -0.2) is 27.8 Å². The number of halogens is 3. The summed E-state index contributed by atoms with van der Waals surface area (Å²) in [4.78, 5) is 7.40. The van der Waals surface area contributed by atoms with Crippen LogP contribution in [0.2, 0.25) is 15.6 Å². The Morgan fingerprint density at radius 1 is 1.25 bits per heavy atom. The summed E-state index contributed by atoms with van der Waals surface area (Å²) in [5.74, 6) is 0.484. The Kier molecular flexibility index (Phi) is 3.74. The van der Waals surface area contributed by atoms with Crippen molar-refractivity contribution < 1.29 is 9.84 Å². The number of rotatable bonds is 4. The van der Waals surface area contributed by atoms with Gasteiger partial charge in [0.2, 0.25) is 5.28 Å². The minimum absolute atomic E-state index is 0.0370. The summed E-state index contributed by atoms with van der Waals surface area (Å²) in [5, 5.41) is 9.67. The van der Waals surface area contributed by atoms with Crippen molar-refractivity contribution in [3.8, 4) is 5.75 Å². The maximum atomic E-state index is 9.61.